The highest BCUT2D eigenvalue weighted by Crippen LogP contribution is 2.35. The molecule has 0 spiro atoms. The van der Waals surface area contributed by atoms with Crippen LogP contribution in [0.1, 0.15) is 45.7 Å². The van der Waals surface area contributed by atoms with Gasteiger partial charge < -0.3 is 4.90 Å². The van der Waals surface area contributed by atoms with Gasteiger partial charge in [0.1, 0.15) is 5.82 Å². The average molecular weight is 331 g/mol. The van der Waals surface area contributed by atoms with Crippen molar-refractivity contribution in [2.75, 3.05) is 20.6 Å². The van der Waals surface area contributed by atoms with Gasteiger partial charge in [-0.2, -0.15) is 0 Å². The van der Waals surface area contributed by atoms with Crippen LogP contribution in [0.5, 0.6) is 0 Å². The van der Waals surface area contributed by atoms with E-state index in [-0.39, 0.29) is 0 Å². The quantitative estimate of drug-likeness (QED) is 0.839. The molecule has 2 aromatic rings. The van der Waals surface area contributed by atoms with Crippen LogP contribution in [0.2, 0.25) is 0 Å². The molecule has 124 valence electrons. The lowest BCUT2D eigenvalue weighted by Crippen LogP contribution is -2.25. The summed E-state index contributed by atoms with van der Waals surface area (Å²) in [5.41, 5.74) is 2.50. The van der Waals surface area contributed by atoms with Crippen molar-refractivity contribution in [2.24, 2.45) is 0 Å². The van der Waals surface area contributed by atoms with E-state index in [9.17, 15) is 0 Å². The third-order valence-corrected chi connectivity index (χ3v) is 5.32. The lowest BCUT2D eigenvalue weighted by molar-refractivity contribution is 0.243. The van der Waals surface area contributed by atoms with E-state index in [1.54, 1.807) is 0 Å². The molecular weight excluding hydrogens is 304 g/mol. The molecule has 0 aromatic carbocycles. The first-order valence-electron chi connectivity index (χ1n) is 8.29. The van der Waals surface area contributed by atoms with Gasteiger partial charge in [0.2, 0.25) is 0 Å². The van der Waals surface area contributed by atoms with Gasteiger partial charge in [-0.05, 0) is 59.5 Å². The van der Waals surface area contributed by atoms with Gasteiger partial charge in [0.15, 0.2) is 0 Å². The van der Waals surface area contributed by atoms with Crippen LogP contribution in [0.4, 0.5) is 0 Å². The molecule has 1 aliphatic rings. The minimum atomic E-state index is 0.425. The Morgan fingerprint density at radius 3 is 2.83 bits per heavy atom. The molecule has 3 heterocycles. The van der Waals surface area contributed by atoms with Crippen LogP contribution in [0.15, 0.2) is 18.3 Å². The monoisotopic (exact) mass is 330 g/mol. The summed E-state index contributed by atoms with van der Waals surface area (Å²) in [4.78, 5) is 16.9. The van der Waals surface area contributed by atoms with Crippen LogP contribution < -0.4 is 0 Å². The number of hydrogen-bond donors (Lipinski definition) is 0. The van der Waals surface area contributed by atoms with Crippen LogP contribution in [0.3, 0.4) is 0 Å². The lowest BCUT2D eigenvalue weighted by Gasteiger charge is -2.26. The van der Waals surface area contributed by atoms with E-state index in [0.717, 1.165) is 25.5 Å². The fourth-order valence-corrected chi connectivity index (χ4v) is 4.27. The van der Waals surface area contributed by atoms with E-state index in [4.69, 9.17) is 4.98 Å². The third-order valence-electron chi connectivity index (χ3n) is 4.34. The van der Waals surface area contributed by atoms with Crippen LogP contribution in [0, 0.1) is 13.8 Å². The molecule has 1 fully saturated rings. The molecule has 1 aliphatic heterocycles. The Kier molecular flexibility index (Phi) is 5.09. The highest BCUT2D eigenvalue weighted by molar-refractivity contribution is 7.11. The predicted octanol–water partition coefficient (Wildman–Crippen LogP) is 3.55. The van der Waals surface area contributed by atoms with Gasteiger partial charge in [0, 0.05) is 34.6 Å². The molecule has 5 heteroatoms. The topological polar surface area (TPSA) is 32.3 Å². The van der Waals surface area contributed by atoms with Gasteiger partial charge in [-0.3, -0.25) is 4.90 Å². The SMILES string of the molecule is Cc1ncc(CN(C)C)c([C@H]2CCCN2Cc2ccc(C)s2)n1. The fourth-order valence-electron chi connectivity index (χ4n) is 3.36. The molecule has 0 unspecified atom stereocenters. The standard InChI is InChI=1S/C18H26N4S/c1-13-7-8-16(23-13)12-22-9-5-6-17(22)18-15(11-21(3)4)10-19-14(2)20-18/h7-8,10,17H,5-6,9,11-12H2,1-4H3/t17-/m1/s1. The Labute approximate surface area is 143 Å². The number of rotatable bonds is 5. The Hall–Kier alpha value is -1.30. The molecule has 0 aliphatic carbocycles. The number of thiophene rings is 1. The molecule has 2 aromatic heterocycles. The van der Waals surface area contributed by atoms with Crippen molar-refractivity contribution in [1.82, 2.24) is 19.8 Å². The van der Waals surface area contributed by atoms with E-state index in [1.165, 1.54) is 33.9 Å². The van der Waals surface area contributed by atoms with Crippen molar-refractivity contribution < 1.29 is 0 Å². The van der Waals surface area contributed by atoms with E-state index in [1.807, 2.05) is 24.5 Å². The molecule has 1 atom stereocenters. The van der Waals surface area contributed by atoms with Gasteiger partial charge in [0.05, 0.1) is 11.7 Å². The summed E-state index contributed by atoms with van der Waals surface area (Å²) < 4.78 is 0. The molecule has 0 radical (unpaired) electrons. The van der Waals surface area contributed by atoms with E-state index < -0.39 is 0 Å². The normalized spacial score (nSPS) is 18.9. The average Bonchev–Trinajstić information content (AvgIpc) is 3.10. The van der Waals surface area contributed by atoms with Gasteiger partial charge in [0.25, 0.3) is 0 Å². The van der Waals surface area contributed by atoms with Crippen LogP contribution in [0.25, 0.3) is 0 Å². The van der Waals surface area contributed by atoms with E-state index >= 15 is 0 Å². The largest absolute Gasteiger partial charge is 0.305 e. The van der Waals surface area contributed by atoms with Crippen molar-refractivity contribution in [3.8, 4) is 0 Å². The summed E-state index contributed by atoms with van der Waals surface area (Å²) >= 11 is 1.91. The minimum absolute atomic E-state index is 0.425. The molecule has 1 saturated heterocycles. The van der Waals surface area contributed by atoms with Crippen LogP contribution >= 0.6 is 11.3 Å². The number of hydrogen-bond acceptors (Lipinski definition) is 5. The summed E-state index contributed by atoms with van der Waals surface area (Å²) in [6.45, 7) is 7.27. The van der Waals surface area contributed by atoms with E-state index in [0.29, 0.717) is 6.04 Å². The second-order valence-electron chi connectivity index (χ2n) is 6.71. The third kappa shape index (κ3) is 3.97. The maximum Gasteiger partial charge on any atom is 0.125 e. The minimum Gasteiger partial charge on any atom is -0.305 e. The molecule has 3 rings (SSSR count). The summed E-state index contributed by atoms with van der Waals surface area (Å²) in [5, 5.41) is 0. The maximum atomic E-state index is 4.83. The Morgan fingerprint density at radius 1 is 1.30 bits per heavy atom. The molecule has 0 saturated carbocycles. The first-order valence-corrected chi connectivity index (χ1v) is 9.11. The smallest absolute Gasteiger partial charge is 0.125 e. The van der Waals surface area contributed by atoms with Gasteiger partial charge >= 0.3 is 0 Å². The molecule has 0 amide bonds. The van der Waals surface area contributed by atoms with Crippen molar-refractivity contribution in [2.45, 2.75) is 45.8 Å². The number of likely N-dealkylation sites (tertiary alicyclic amines) is 1. The molecular formula is C18H26N4S. The Bertz CT molecular complexity index is 665. The second kappa shape index (κ2) is 7.07. The zero-order valence-corrected chi connectivity index (χ0v) is 15.4. The maximum absolute atomic E-state index is 4.83. The number of nitrogens with zero attached hydrogens (tertiary/aromatic N) is 4. The zero-order chi connectivity index (χ0) is 16.4. The number of aromatic nitrogens is 2. The van der Waals surface area contributed by atoms with Crippen molar-refractivity contribution in [3.05, 3.63) is 45.2 Å². The molecule has 0 N–H and O–H groups in total. The van der Waals surface area contributed by atoms with Gasteiger partial charge in [-0.1, -0.05) is 0 Å². The number of aryl methyl sites for hydroxylation is 2. The highest BCUT2D eigenvalue weighted by atomic mass is 32.1. The molecule has 4 nitrogen and oxygen atoms in total. The first kappa shape index (κ1) is 16.6. The van der Waals surface area contributed by atoms with Crippen molar-refractivity contribution in [1.29, 1.82) is 0 Å². The lowest BCUT2D eigenvalue weighted by atomic mass is 10.1. The summed E-state index contributed by atoms with van der Waals surface area (Å²) in [7, 11) is 4.20. The summed E-state index contributed by atoms with van der Waals surface area (Å²) in [5.74, 6) is 0.876. The van der Waals surface area contributed by atoms with Gasteiger partial charge in [-0.15, -0.1) is 11.3 Å². The predicted molar refractivity (Wildman–Crippen MR) is 95.6 cm³/mol. The fraction of sp³-hybridized carbons (Fsp3) is 0.556. The van der Waals surface area contributed by atoms with Crippen LogP contribution in [-0.4, -0.2) is 40.4 Å². The van der Waals surface area contributed by atoms with Crippen molar-refractivity contribution >= 4 is 11.3 Å². The Balaban J connectivity index is 1.85. The second-order valence-corrected chi connectivity index (χ2v) is 8.08. The zero-order valence-electron chi connectivity index (χ0n) is 14.5. The van der Waals surface area contributed by atoms with E-state index in [2.05, 4.69) is 47.9 Å². The van der Waals surface area contributed by atoms with Gasteiger partial charge in [-0.25, -0.2) is 9.97 Å². The summed E-state index contributed by atoms with van der Waals surface area (Å²) in [6, 6.07) is 4.91. The Morgan fingerprint density at radius 2 is 2.13 bits per heavy atom. The van der Waals surface area contributed by atoms with Crippen LogP contribution in [-0.2, 0) is 13.1 Å². The summed E-state index contributed by atoms with van der Waals surface area (Å²) in [6.07, 6.45) is 4.46. The molecule has 0 bridgehead atoms. The highest BCUT2D eigenvalue weighted by Gasteiger charge is 2.29. The van der Waals surface area contributed by atoms with Crippen molar-refractivity contribution in [3.63, 3.8) is 0 Å². The molecule has 23 heavy (non-hydrogen) atoms. The first-order chi connectivity index (χ1) is 11.0.